The first kappa shape index (κ1) is 12.7. The second-order valence-electron chi connectivity index (χ2n) is 4.05. The zero-order valence-corrected chi connectivity index (χ0v) is 11.8. The van der Waals surface area contributed by atoms with E-state index in [0.29, 0.717) is 5.56 Å². The van der Waals surface area contributed by atoms with Crippen LogP contribution in [0.5, 0.6) is 0 Å². The molecule has 2 N–H and O–H groups in total. The van der Waals surface area contributed by atoms with Gasteiger partial charge in [0.2, 0.25) is 0 Å². The predicted octanol–water partition coefficient (Wildman–Crippen LogP) is 4.20. The SMILES string of the molecule is Cc1ccc(C(N)Cc2cc(Br)cs2)cc1F. The third-order valence-corrected chi connectivity index (χ3v) is 4.39. The Labute approximate surface area is 113 Å². The van der Waals surface area contributed by atoms with Gasteiger partial charge in [0, 0.05) is 27.2 Å². The van der Waals surface area contributed by atoms with Crippen LogP contribution >= 0.6 is 27.3 Å². The van der Waals surface area contributed by atoms with Crippen LogP contribution in [0.2, 0.25) is 0 Å². The number of nitrogens with two attached hydrogens (primary N) is 1. The lowest BCUT2D eigenvalue weighted by Crippen LogP contribution is -2.13. The van der Waals surface area contributed by atoms with E-state index in [1.807, 2.05) is 11.4 Å². The lowest BCUT2D eigenvalue weighted by molar-refractivity contribution is 0.610. The quantitative estimate of drug-likeness (QED) is 0.903. The second kappa shape index (κ2) is 5.29. The van der Waals surface area contributed by atoms with E-state index in [0.717, 1.165) is 16.5 Å². The van der Waals surface area contributed by atoms with Gasteiger partial charge in [0.15, 0.2) is 0 Å². The Morgan fingerprint density at radius 3 is 2.76 bits per heavy atom. The summed E-state index contributed by atoms with van der Waals surface area (Å²) in [5, 5.41) is 2.03. The third kappa shape index (κ3) is 3.15. The maximum absolute atomic E-state index is 13.4. The molecule has 0 radical (unpaired) electrons. The van der Waals surface area contributed by atoms with E-state index in [-0.39, 0.29) is 11.9 Å². The van der Waals surface area contributed by atoms with Crippen molar-refractivity contribution in [2.75, 3.05) is 0 Å². The minimum atomic E-state index is -0.190. The van der Waals surface area contributed by atoms with E-state index < -0.39 is 0 Å². The van der Waals surface area contributed by atoms with Crippen LogP contribution in [0.1, 0.15) is 22.0 Å². The van der Waals surface area contributed by atoms with Gasteiger partial charge in [-0.2, -0.15) is 0 Å². The van der Waals surface area contributed by atoms with Gasteiger partial charge in [-0.25, -0.2) is 4.39 Å². The van der Waals surface area contributed by atoms with Crippen LogP contribution in [0.4, 0.5) is 4.39 Å². The molecule has 1 aromatic heterocycles. The minimum Gasteiger partial charge on any atom is -0.324 e. The van der Waals surface area contributed by atoms with Gasteiger partial charge in [-0.1, -0.05) is 12.1 Å². The highest BCUT2D eigenvalue weighted by atomic mass is 79.9. The molecule has 4 heteroatoms. The van der Waals surface area contributed by atoms with E-state index in [2.05, 4.69) is 22.0 Å². The standard InChI is InChI=1S/C13H13BrFNS/c1-8-2-3-9(4-12(8)15)13(16)6-11-5-10(14)7-17-11/h2-5,7,13H,6,16H2,1H3. The zero-order valence-electron chi connectivity index (χ0n) is 9.41. The summed E-state index contributed by atoms with van der Waals surface area (Å²) in [5.74, 6) is -0.190. The molecule has 0 saturated carbocycles. The fourth-order valence-corrected chi connectivity index (χ4v) is 3.15. The Hall–Kier alpha value is -0.710. The van der Waals surface area contributed by atoms with Crippen LogP contribution in [-0.4, -0.2) is 0 Å². The Balaban J connectivity index is 2.14. The molecule has 1 aromatic carbocycles. The molecular formula is C13H13BrFNS. The second-order valence-corrected chi connectivity index (χ2v) is 5.96. The summed E-state index contributed by atoms with van der Waals surface area (Å²) >= 11 is 5.07. The molecular weight excluding hydrogens is 301 g/mol. The van der Waals surface area contributed by atoms with Crippen molar-refractivity contribution in [3.05, 3.63) is 55.9 Å². The van der Waals surface area contributed by atoms with Gasteiger partial charge in [0.25, 0.3) is 0 Å². The molecule has 0 fully saturated rings. The van der Waals surface area contributed by atoms with E-state index in [4.69, 9.17) is 5.73 Å². The van der Waals surface area contributed by atoms with Crippen LogP contribution in [0.3, 0.4) is 0 Å². The molecule has 0 spiro atoms. The van der Waals surface area contributed by atoms with Crippen molar-refractivity contribution in [3.8, 4) is 0 Å². The summed E-state index contributed by atoms with van der Waals surface area (Å²) in [7, 11) is 0. The Morgan fingerprint density at radius 1 is 1.41 bits per heavy atom. The summed E-state index contributed by atoms with van der Waals surface area (Å²) in [5.41, 5.74) is 7.58. The molecule has 0 bridgehead atoms. The predicted molar refractivity (Wildman–Crippen MR) is 73.8 cm³/mol. The van der Waals surface area contributed by atoms with Crippen molar-refractivity contribution in [2.45, 2.75) is 19.4 Å². The number of halogens is 2. The first-order valence-electron chi connectivity index (χ1n) is 5.31. The lowest BCUT2D eigenvalue weighted by atomic mass is 10.0. The summed E-state index contributed by atoms with van der Waals surface area (Å²) in [4.78, 5) is 1.20. The molecule has 1 heterocycles. The van der Waals surface area contributed by atoms with Crippen molar-refractivity contribution >= 4 is 27.3 Å². The van der Waals surface area contributed by atoms with Crippen molar-refractivity contribution in [1.29, 1.82) is 0 Å². The Morgan fingerprint density at radius 2 is 2.18 bits per heavy atom. The summed E-state index contributed by atoms with van der Waals surface area (Å²) < 4.78 is 14.5. The molecule has 17 heavy (non-hydrogen) atoms. The average Bonchev–Trinajstić information content (AvgIpc) is 2.68. The summed E-state index contributed by atoms with van der Waals surface area (Å²) in [6.07, 6.45) is 0.735. The first-order chi connectivity index (χ1) is 8.06. The minimum absolute atomic E-state index is 0.157. The van der Waals surface area contributed by atoms with E-state index in [1.54, 1.807) is 24.3 Å². The van der Waals surface area contributed by atoms with Gasteiger partial charge in [0.05, 0.1) is 0 Å². The Kier molecular flexibility index (Phi) is 3.97. The Bertz CT molecular complexity index is 524. The van der Waals surface area contributed by atoms with Gasteiger partial charge in [-0.15, -0.1) is 11.3 Å². The molecule has 0 aliphatic heterocycles. The first-order valence-corrected chi connectivity index (χ1v) is 6.98. The third-order valence-electron chi connectivity index (χ3n) is 2.67. The van der Waals surface area contributed by atoms with E-state index >= 15 is 0 Å². The van der Waals surface area contributed by atoms with Gasteiger partial charge in [-0.05, 0) is 46.1 Å². The topological polar surface area (TPSA) is 26.0 Å². The van der Waals surface area contributed by atoms with Crippen LogP contribution in [0.15, 0.2) is 34.1 Å². The monoisotopic (exact) mass is 313 g/mol. The molecule has 0 amide bonds. The van der Waals surface area contributed by atoms with Crippen molar-refractivity contribution in [3.63, 3.8) is 0 Å². The van der Waals surface area contributed by atoms with Gasteiger partial charge >= 0.3 is 0 Å². The normalized spacial score (nSPS) is 12.7. The number of aryl methyl sites for hydroxylation is 1. The maximum Gasteiger partial charge on any atom is 0.126 e. The highest BCUT2D eigenvalue weighted by molar-refractivity contribution is 9.10. The molecule has 2 aromatic rings. The molecule has 90 valence electrons. The number of hydrogen-bond acceptors (Lipinski definition) is 2. The molecule has 1 nitrogen and oxygen atoms in total. The highest BCUT2D eigenvalue weighted by Gasteiger charge is 2.10. The van der Waals surface area contributed by atoms with Crippen LogP contribution < -0.4 is 5.73 Å². The van der Waals surface area contributed by atoms with Crippen LogP contribution in [-0.2, 0) is 6.42 Å². The van der Waals surface area contributed by atoms with Crippen LogP contribution in [0.25, 0.3) is 0 Å². The van der Waals surface area contributed by atoms with Crippen molar-refractivity contribution in [2.24, 2.45) is 5.73 Å². The number of benzene rings is 1. The summed E-state index contributed by atoms with van der Waals surface area (Å²) in [6.45, 7) is 1.75. The van der Waals surface area contributed by atoms with Crippen molar-refractivity contribution < 1.29 is 4.39 Å². The number of thiophene rings is 1. The molecule has 0 saturated heterocycles. The fraction of sp³-hybridized carbons (Fsp3) is 0.231. The van der Waals surface area contributed by atoms with Gasteiger partial charge in [-0.3, -0.25) is 0 Å². The maximum atomic E-state index is 13.4. The fourth-order valence-electron chi connectivity index (χ4n) is 1.64. The number of hydrogen-bond donors (Lipinski definition) is 1. The number of rotatable bonds is 3. The lowest BCUT2D eigenvalue weighted by Gasteiger charge is -2.11. The zero-order chi connectivity index (χ0) is 12.4. The summed E-state index contributed by atoms with van der Waals surface area (Å²) in [6, 6.07) is 7.09. The highest BCUT2D eigenvalue weighted by Crippen LogP contribution is 2.25. The van der Waals surface area contributed by atoms with Crippen LogP contribution in [0, 0.1) is 12.7 Å². The van der Waals surface area contributed by atoms with Gasteiger partial charge in [0.1, 0.15) is 5.82 Å². The van der Waals surface area contributed by atoms with E-state index in [1.165, 1.54) is 10.9 Å². The van der Waals surface area contributed by atoms with E-state index in [9.17, 15) is 4.39 Å². The molecule has 2 rings (SSSR count). The smallest absolute Gasteiger partial charge is 0.126 e. The molecule has 1 unspecified atom stereocenters. The molecule has 0 aliphatic rings. The molecule has 0 aliphatic carbocycles. The molecule has 1 atom stereocenters. The van der Waals surface area contributed by atoms with Gasteiger partial charge < -0.3 is 5.73 Å². The largest absolute Gasteiger partial charge is 0.324 e. The average molecular weight is 314 g/mol. The van der Waals surface area contributed by atoms with Crippen molar-refractivity contribution in [1.82, 2.24) is 0 Å².